The third-order valence-corrected chi connectivity index (χ3v) is 4.01. The second-order valence-corrected chi connectivity index (χ2v) is 5.59. The first-order chi connectivity index (χ1) is 9.62. The van der Waals surface area contributed by atoms with Gasteiger partial charge in [-0.2, -0.15) is 4.98 Å². The highest BCUT2D eigenvalue weighted by Gasteiger charge is 2.26. The topological polar surface area (TPSA) is 82.3 Å². The predicted molar refractivity (Wildman–Crippen MR) is 77.2 cm³/mol. The van der Waals surface area contributed by atoms with E-state index in [4.69, 9.17) is 15.3 Å². The fraction of sp³-hybridized carbons (Fsp3) is 0.714. The average Bonchev–Trinajstić information content (AvgIpc) is 2.43. The molecule has 0 aliphatic heterocycles. The molecule has 6 heteroatoms. The zero-order chi connectivity index (χ0) is 14.5. The SMILES string of the molecule is COCc1nc(NN)cc(OC2CCC(C)C(C)C2)n1. The maximum atomic E-state index is 6.00. The van der Waals surface area contributed by atoms with Crippen LogP contribution in [0.5, 0.6) is 5.88 Å². The Balaban J connectivity index is 2.06. The molecule has 0 spiro atoms. The van der Waals surface area contributed by atoms with Crippen molar-refractivity contribution in [1.29, 1.82) is 0 Å². The molecule has 2 rings (SSSR count). The molecule has 20 heavy (non-hydrogen) atoms. The van der Waals surface area contributed by atoms with Crippen molar-refractivity contribution in [3.05, 3.63) is 11.9 Å². The van der Waals surface area contributed by atoms with Crippen LogP contribution in [0.1, 0.15) is 38.9 Å². The molecule has 112 valence electrons. The van der Waals surface area contributed by atoms with Gasteiger partial charge in [0, 0.05) is 13.2 Å². The number of hydrogen-bond donors (Lipinski definition) is 2. The zero-order valence-corrected chi connectivity index (χ0v) is 12.4. The van der Waals surface area contributed by atoms with Crippen LogP contribution in [0.3, 0.4) is 0 Å². The van der Waals surface area contributed by atoms with Crippen molar-refractivity contribution in [1.82, 2.24) is 9.97 Å². The molecule has 1 saturated carbocycles. The van der Waals surface area contributed by atoms with E-state index in [2.05, 4.69) is 29.2 Å². The van der Waals surface area contributed by atoms with Crippen LogP contribution in [0.4, 0.5) is 5.82 Å². The van der Waals surface area contributed by atoms with Crippen molar-refractivity contribution in [3.63, 3.8) is 0 Å². The molecule has 1 aliphatic carbocycles. The summed E-state index contributed by atoms with van der Waals surface area (Å²) in [6.07, 6.45) is 3.55. The molecule has 3 unspecified atom stereocenters. The first-order valence-electron chi connectivity index (χ1n) is 7.12. The van der Waals surface area contributed by atoms with Gasteiger partial charge in [0.25, 0.3) is 0 Å². The van der Waals surface area contributed by atoms with Gasteiger partial charge in [0.2, 0.25) is 5.88 Å². The summed E-state index contributed by atoms with van der Waals surface area (Å²) in [5.41, 5.74) is 2.53. The standard InChI is InChI=1S/C14H24N4O2/c1-9-4-5-11(6-10(9)2)20-14-7-12(18-15)16-13(17-14)8-19-3/h7,9-11H,4-6,8,15H2,1-3H3,(H,16,17,18). The van der Waals surface area contributed by atoms with Gasteiger partial charge >= 0.3 is 0 Å². The summed E-state index contributed by atoms with van der Waals surface area (Å²) in [5, 5.41) is 0. The normalized spacial score (nSPS) is 26.3. The lowest BCUT2D eigenvalue weighted by molar-refractivity contribution is 0.0952. The number of anilines is 1. The summed E-state index contributed by atoms with van der Waals surface area (Å²) in [6, 6.07) is 1.72. The molecule has 0 amide bonds. The van der Waals surface area contributed by atoms with Gasteiger partial charge in [0.05, 0.1) is 0 Å². The van der Waals surface area contributed by atoms with E-state index in [1.54, 1.807) is 13.2 Å². The number of nitrogens with zero attached hydrogens (tertiary/aromatic N) is 2. The van der Waals surface area contributed by atoms with Crippen LogP contribution >= 0.6 is 0 Å². The summed E-state index contributed by atoms with van der Waals surface area (Å²) in [6.45, 7) is 4.92. The number of ether oxygens (including phenoxy) is 2. The number of hydrogen-bond acceptors (Lipinski definition) is 6. The van der Waals surface area contributed by atoms with Gasteiger partial charge in [-0.1, -0.05) is 13.8 Å². The molecule has 1 aliphatic rings. The number of methoxy groups -OCH3 is 1. The summed E-state index contributed by atoms with van der Waals surface area (Å²) in [5.74, 6) is 8.54. The van der Waals surface area contributed by atoms with Gasteiger partial charge in [0.15, 0.2) is 5.82 Å². The number of aromatic nitrogens is 2. The van der Waals surface area contributed by atoms with E-state index in [1.807, 2.05) is 0 Å². The lowest BCUT2D eigenvalue weighted by Crippen LogP contribution is -2.29. The number of nitrogens with two attached hydrogens (primary N) is 1. The molecule has 0 aromatic carbocycles. The molecular formula is C14H24N4O2. The van der Waals surface area contributed by atoms with E-state index in [9.17, 15) is 0 Å². The van der Waals surface area contributed by atoms with Crippen LogP contribution in [0.25, 0.3) is 0 Å². The number of nitrogens with one attached hydrogen (secondary N) is 1. The summed E-state index contributed by atoms with van der Waals surface area (Å²) >= 11 is 0. The van der Waals surface area contributed by atoms with Crippen molar-refractivity contribution < 1.29 is 9.47 Å². The highest BCUT2D eigenvalue weighted by molar-refractivity contribution is 5.37. The van der Waals surface area contributed by atoms with Crippen molar-refractivity contribution in [3.8, 4) is 5.88 Å². The molecular weight excluding hydrogens is 256 g/mol. The van der Waals surface area contributed by atoms with Crippen molar-refractivity contribution in [2.24, 2.45) is 17.7 Å². The van der Waals surface area contributed by atoms with Gasteiger partial charge in [-0.05, 0) is 31.1 Å². The van der Waals surface area contributed by atoms with E-state index < -0.39 is 0 Å². The summed E-state index contributed by atoms with van der Waals surface area (Å²) in [7, 11) is 1.61. The van der Waals surface area contributed by atoms with Gasteiger partial charge in [-0.15, -0.1) is 0 Å². The Morgan fingerprint density at radius 1 is 1.30 bits per heavy atom. The average molecular weight is 280 g/mol. The van der Waals surface area contributed by atoms with E-state index in [-0.39, 0.29) is 6.10 Å². The molecule has 1 aromatic rings. The maximum absolute atomic E-state index is 6.00. The first kappa shape index (κ1) is 15.0. The van der Waals surface area contributed by atoms with Crippen molar-refractivity contribution in [2.45, 2.75) is 45.8 Å². The number of nitrogen functional groups attached to an aromatic ring is 1. The molecule has 0 saturated heterocycles. The van der Waals surface area contributed by atoms with Crippen molar-refractivity contribution >= 4 is 5.82 Å². The minimum atomic E-state index is 0.220. The van der Waals surface area contributed by atoms with Gasteiger partial charge in [0.1, 0.15) is 18.5 Å². The monoisotopic (exact) mass is 280 g/mol. The van der Waals surface area contributed by atoms with Crippen LogP contribution in [0, 0.1) is 11.8 Å². The van der Waals surface area contributed by atoms with E-state index >= 15 is 0 Å². The third-order valence-electron chi connectivity index (χ3n) is 4.01. The summed E-state index contributed by atoms with van der Waals surface area (Å²) < 4.78 is 11.1. The molecule has 6 nitrogen and oxygen atoms in total. The van der Waals surface area contributed by atoms with E-state index in [1.165, 1.54) is 6.42 Å². The lowest BCUT2D eigenvalue weighted by Gasteiger charge is -2.31. The summed E-state index contributed by atoms with van der Waals surface area (Å²) in [4.78, 5) is 8.56. The molecule has 3 N–H and O–H groups in total. The molecule has 0 bridgehead atoms. The number of rotatable bonds is 5. The largest absolute Gasteiger partial charge is 0.474 e. The van der Waals surface area contributed by atoms with E-state index in [0.717, 1.165) is 18.8 Å². The van der Waals surface area contributed by atoms with E-state index in [0.29, 0.717) is 30.0 Å². The maximum Gasteiger partial charge on any atom is 0.219 e. The fourth-order valence-corrected chi connectivity index (χ4v) is 2.58. The fourth-order valence-electron chi connectivity index (χ4n) is 2.58. The minimum absolute atomic E-state index is 0.220. The molecule has 1 heterocycles. The Bertz CT molecular complexity index is 441. The van der Waals surface area contributed by atoms with Crippen LogP contribution in [-0.2, 0) is 11.3 Å². The molecule has 3 atom stereocenters. The molecule has 0 radical (unpaired) electrons. The zero-order valence-electron chi connectivity index (χ0n) is 12.4. The number of hydrazine groups is 1. The Labute approximate surface area is 120 Å². The Morgan fingerprint density at radius 3 is 2.75 bits per heavy atom. The van der Waals surface area contributed by atoms with Crippen LogP contribution in [-0.4, -0.2) is 23.2 Å². The third kappa shape index (κ3) is 3.80. The smallest absolute Gasteiger partial charge is 0.219 e. The molecule has 1 aromatic heterocycles. The van der Waals surface area contributed by atoms with Crippen LogP contribution in [0.15, 0.2) is 6.07 Å². The Kier molecular flexibility index (Phi) is 5.14. The van der Waals surface area contributed by atoms with Crippen LogP contribution < -0.4 is 16.0 Å². The van der Waals surface area contributed by atoms with Gasteiger partial charge in [-0.25, -0.2) is 10.8 Å². The van der Waals surface area contributed by atoms with Crippen molar-refractivity contribution in [2.75, 3.05) is 12.5 Å². The lowest BCUT2D eigenvalue weighted by atomic mass is 9.80. The first-order valence-corrected chi connectivity index (χ1v) is 7.12. The minimum Gasteiger partial charge on any atom is -0.474 e. The second-order valence-electron chi connectivity index (χ2n) is 5.59. The van der Waals surface area contributed by atoms with Crippen LogP contribution in [0.2, 0.25) is 0 Å². The quantitative estimate of drug-likeness (QED) is 0.635. The van der Waals surface area contributed by atoms with Gasteiger partial charge < -0.3 is 14.9 Å². The Hall–Kier alpha value is -1.40. The van der Waals surface area contributed by atoms with Gasteiger partial charge in [-0.3, -0.25) is 0 Å². The highest BCUT2D eigenvalue weighted by atomic mass is 16.5. The highest BCUT2D eigenvalue weighted by Crippen LogP contribution is 2.31. The molecule has 1 fully saturated rings. The Morgan fingerprint density at radius 2 is 2.10 bits per heavy atom. The predicted octanol–water partition coefficient (Wildman–Crippen LogP) is 2.11. The second kappa shape index (κ2) is 6.85.